The molecule has 0 saturated carbocycles. The standard InChI is InChI=1S/C11H4O4S2.Na/c12-7-4-1-2-16-9(4)8(13)10-5(7)3-6(17-10)11(14)15;/h1-3H,(H,14,15);/q;+1/p-1. The second-order valence-corrected chi connectivity index (χ2v) is 5.43. The maximum absolute atomic E-state index is 12.0. The minimum Gasteiger partial charge on any atom is -0.544 e. The van der Waals surface area contributed by atoms with E-state index in [9.17, 15) is 19.5 Å². The average Bonchev–Trinajstić information content (AvgIpc) is 2.92. The van der Waals surface area contributed by atoms with E-state index in [2.05, 4.69) is 0 Å². The van der Waals surface area contributed by atoms with Crippen LogP contribution in [0.4, 0.5) is 0 Å². The van der Waals surface area contributed by atoms with Crippen LogP contribution in [-0.2, 0) is 0 Å². The maximum atomic E-state index is 12.0. The molecule has 0 radical (unpaired) electrons. The van der Waals surface area contributed by atoms with E-state index in [4.69, 9.17) is 0 Å². The van der Waals surface area contributed by atoms with Gasteiger partial charge in [0, 0.05) is 11.1 Å². The van der Waals surface area contributed by atoms with E-state index in [1.54, 1.807) is 11.4 Å². The zero-order valence-electron chi connectivity index (χ0n) is 9.18. The molecular weight excluding hydrogens is 283 g/mol. The molecule has 0 bridgehead atoms. The Morgan fingerprint density at radius 1 is 1.11 bits per heavy atom. The number of carboxylic acids is 1. The number of carbonyl (C=O) groups is 3. The zero-order valence-corrected chi connectivity index (χ0v) is 12.8. The summed E-state index contributed by atoms with van der Waals surface area (Å²) in [5.74, 6) is -1.94. The minimum absolute atomic E-state index is 0. The first-order chi connectivity index (χ1) is 8.09. The van der Waals surface area contributed by atoms with E-state index in [1.807, 2.05) is 0 Å². The monoisotopic (exact) mass is 286 g/mol. The number of carbonyl (C=O) groups excluding carboxylic acids is 3. The van der Waals surface area contributed by atoms with Crippen LogP contribution >= 0.6 is 22.7 Å². The quantitative estimate of drug-likeness (QED) is 0.483. The van der Waals surface area contributed by atoms with Gasteiger partial charge in [-0.15, -0.1) is 22.7 Å². The second-order valence-electron chi connectivity index (χ2n) is 3.46. The van der Waals surface area contributed by atoms with Gasteiger partial charge < -0.3 is 9.90 Å². The molecule has 4 nitrogen and oxygen atoms in total. The summed E-state index contributed by atoms with van der Waals surface area (Å²) in [7, 11) is 0. The van der Waals surface area contributed by atoms with Crippen molar-refractivity contribution in [3.8, 4) is 0 Å². The van der Waals surface area contributed by atoms with Crippen LogP contribution in [-0.4, -0.2) is 17.5 Å². The number of ketones is 2. The molecule has 18 heavy (non-hydrogen) atoms. The third-order valence-electron chi connectivity index (χ3n) is 2.50. The molecule has 2 aromatic rings. The smallest absolute Gasteiger partial charge is 0.544 e. The fourth-order valence-electron chi connectivity index (χ4n) is 1.74. The van der Waals surface area contributed by atoms with Gasteiger partial charge in [0.05, 0.1) is 20.6 Å². The van der Waals surface area contributed by atoms with Crippen molar-refractivity contribution in [3.05, 3.63) is 43.3 Å². The molecule has 0 N–H and O–H groups in total. The number of hydrogen-bond donors (Lipinski definition) is 0. The van der Waals surface area contributed by atoms with Crippen LogP contribution in [0.1, 0.15) is 40.1 Å². The molecule has 2 heterocycles. The van der Waals surface area contributed by atoms with Crippen LogP contribution in [0.3, 0.4) is 0 Å². The molecule has 2 aromatic heterocycles. The van der Waals surface area contributed by atoms with E-state index in [0.717, 1.165) is 11.3 Å². The average molecular weight is 286 g/mol. The van der Waals surface area contributed by atoms with Crippen LogP contribution in [0.2, 0.25) is 0 Å². The predicted molar refractivity (Wildman–Crippen MR) is 59.8 cm³/mol. The summed E-state index contributed by atoms with van der Waals surface area (Å²) in [4.78, 5) is 35.2. The Morgan fingerprint density at radius 3 is 2.50 bits per heavy atom. The first-order valence-electron chi connectivity index (χ1n) is 4.61. The molecule has 3 rings (SSSR count). The predicted octanol–water partition coefficient (Wildman–Crippen LogP) is -2.05. The molecule has 0 amide bonds. The molecule has 0 aliphatic heterocycles. The number of hydrogen-bond acceptors (Lipinski definition) is 6. The van der Waals surface area contributed by atoms with Gasteiger partial charge in [-0.1, -0.05) is 0 Å². The van der Waals surface area contributed by atoms with Gasteiger partial charge in [0.1, 0.15) is 0 Å². The third kappa shape index (κ3) is 1.81. The van der Waals surface area contributed by atoms with Crippen molar-refractivity contribution in [2.45, 2.75) is 0 Å². The number of carboxylic acid groups (broad SMARTS) is 1. The van der Waals surface area contributed by atoms with Crippen molar-refractivity contribution in [3.63, 3.8) is 0 Å². The molecule has 1 aliphatic carbocycles. The Labute approximate surface area is 132 Å². The SMILES string of the molecule is O=C([O-])c1cc2c(s1)C(=O)c1sccc1C2=O.[Na+]. The Hall–Kier alpha value is -0.790. The summed E-state index contributed by atoms with van der Waals surface area (Å²) in [5, 5.41) is 12.4. The van der Waals surface area contributed by atoms with Gasteiger partial charge in [0.25, 0.3) is 0 Å². The van der Waals surface area contributed by atoms with Crippen LogP contribution in [0, 0.1) is 0 Å². The van der Waals surface area contributed by atoms with Crippen molar-refractivity contribution >= 4 is 40.2 Å². The first-order valence-corrected chi connectivity index (χ1v) is 6.31. The first kappa shape index (κ1) is 13.6. The van der Waals surface area contributed by atoms with E-state index in [0.29, 0.717) is 10.4 Å². The van der Waals surface area contributed by atoms with Crippen molar-refractivity contribution in [1.82, 2.24) is 0 Å². The number of aromatic carboxylic acids is 1. The Bertz CT molecular complexity index is 635. The normalized spacial score (nSPS) is 12.7. The minimum atomic E-state index is -1.37. The fourth-order valence-corrected chi connectivity index (χ4v) is 3.58. The van der Waals surface area contributed by atoms with E-state index in [-0.39, 0.29) is 56.4 Å². The summed E-state index contributed by atoms with van der Waals surface area (Å²) in [6, 6.07) is 2.80. The third-order valence-corrected chi connectivity index (χ3v) is 4.53. The number of rotatable bonds is 1. The number of fused-ring (bicyclic) bond motifs is 2. The molecule has 0 unspecified atom stereocenters. The van der Waals surface area contributed by atoms with Gasteiger partial charge in [0.2, 0.25) is 5.78 Å². The van der Waals surface area contributed by atoms with Gasteiger partial charge in [0.15, 0.2) is 5.78 Å². The molecule has 0 aromatic carbocycles. The Morgan fingerprint density at radius 2 is 1.83 bits per heavy atom. The second kappa shape index (κ2) is 4.71. The molecule has 7 heteroatoms. The van der Waals surface area contributed by atoms with Gasteiger partial charge in [-0.05, 0) is 17.5 Å². The Balaban J connectivity index is 0.00000120. The van der Waals surface area contributed by atoms with E-state index < -0.39 is 5.97 Å². The summed E-state index contributed by atoms with van der Waals surface area (Å²) in [6.07, 6.45) is 0. The van der Waals surface area contributed by atoms with Crippen molar-refractivity contribution in [2.75, 3.05) is 0 Å². The fraction of sp³-hybridized carbons (Fsp3) is 0. The van der Waals surface area contributed by atoms with E-state index in [1.165, 1.54) is 17.4 Å². The van der Waals surface area contributed by atoms with Crippen molar-refractivity contribution in [1.29, 1.82) is 0 Å². The maximum Gasteiger partial charge on any atom is 1.00 e. The van der Waals surface area contributed by atoms with Crippen LogP contribution in [0.15, 0.2) is 17.5 Å². The van der Waals surface area contributed by atoms with Crippen LogP contribution in [0.5, 0.6) is 0 Å². The molecule has 0 saturated heterocycles. The molecular formula is C11H3NaO4S2. The van der Waals surface area contributed by atoms with E-state index >= 15 is 0 Å². The van der Waals surface area contributed by atoms with Crippen LogP contribution < -0.4 is 34.7 Å². The number of thiophene rings is 2. The summed E-state index contributed by atoms with van der Waals surface area (Å²) >= 11 is 1.99. The van der Waals surface area contributed by atoms with Gasteiger partial charge in [-0.2, -0.15) is 0 Å². The summed E-state index contributed by atoms with van der Waals surface area (Å²) in [5.41, 5.74) is 0.528. The molecule has 1 aliphatic rings. The Kier molecular flexibility index (Phi) is 3.57. The molecule has 84 valence electrons. The largest absolute Gasteiger partial charge is 1.00 e. The van der Waals surface area contributed by atoms with Gasteiger partial charge in [-0.3, -0.25) is 9.59 Å². The van der Waals surface area contributed by atoms with Crippen LogP contribution in [0.25, 0.3) is 0 Å². The topological polar surface area (TPSA) is 74.3 Å². The van der Waals surface area contributed by atoms with Crippen molar-refractivity contribution in [2.24, 2.45) is 0 Å². The van der Waals surface area contributed by atoms with Gasteiger partial charge >= 0.3 is 29.6 Å². The molecule has 0 spiro atoms. The summed E-state index contributed by atoms with van der Waals surface area (Å²) < 4.78 is 0. The molecule has 0 atom stereocenters. The molecule has 0 fully saturated rings. The van der Waals surface area contributed by atoms with Gasteiger partial charge in [-0.25, -0.2) is 0 Å². The zero-order chi connectivity index (χ0) is 12.2. The summed E-state index contributed by atoms with van der Waals surface area (Å²) in [6.45, 7) is 0. The van der Waals surface area contributed by atoms with Crippen molar-refractivity contribution < 1.29 is 49.0 Å².